The number of benzene rings is 2. The summed E-state index contributed by atoms with van der Waals surface area (Å²) in [5, 5.41) is 3.05. The van der Waals surface area contributed by atoms with Crippen molar-refractivity contribution in [2.45, 2.75) is 24.8 Å². The van der Waals surface area contributed by atoms with Gasteiger partial charge in [-0.3, -0.25) is 9.59 Å². The van der Waals surface area contributed by atoms with Crippen LogP contribution >= 0.6 is 0 Å². The molecule has 7 heteroatoms. The fourth-order valence-electron chi connectivity index (χ4n) is 4.02. The van der Waals surface area contributed by atoms with Gasteiger partial charge in [-0.2, -0.15) is 0 Å². The van der Waals surface area contributed by atoms with Gasteiger partial charge in [-0.1, -0.05) is 18.2 Å². The summed E-state index contributed by atoms with van der Waals surface area (Å²) in [6.45, 7) is 0.532. The van der Waals surface area contributed by atoms with E-state index in [2.05, 4.69) is 5.32 Å². The molecular formula is C23H25FN2O4. The first-order chi connectivity index (χ1) is 14.5. The maximum atomic E-state index is 14.2. The van der Waals surface area contributed by atoms with E-state index >= 15 is 0 Å². The number of nitrogens with zero attached hydrogens (tertiary/aromatic N) is 1. The molecule has 2 aromatic rings. The highest BCUT2D eigenvalue weighted by Crippen LogP contribution is 2.40. The minimum absolute atomic E-state index is 0.0150. The number of methoxy groups -OCH3 is 2. The van der Waals surface area contributed by atoms with Gasteiger partial charge >= 0.3 is 0 Å². The van der Waals surface area contributed by atoms with Crippen LogP contribution in [0, 0.1) is 11.7 Å². The summed E-state index contributed by atoms with van der Waals surface area (Å²) in [5.74, 6) is -0.511. The lowest BCUT2D eigenvalue weighted by Crippen LogP contribution is -2.36. The molecule has 0 aromatic heterocycles. The van der Waals surface area contributed by atoms with Crippen LogP contribution in [0.15, 0.2) is 42.5 Å². The highest BCUT2D eigenvalue weighted by Gasteiger charge is 2.43. The number of nitrogens with one attached hydrogen (secondary N) is 1. The van der Waals surface area contributed by atoms with Crippen molar-refractivity contribution in [2.24, 2.45) is 5.92 Å². The van der Waals surface area contributed by atoms with Gasteiger partial charge in [-0.05, 0) is 31.0 Å². The Balaban J connectivity index is 1.65. The van der Waals surface area contributed by atoms with Crippen molar-refractivity contribution in [3.63, 3.8) is 0 Å². The molecule has 0 spiro atoms. The van der Waals surface area contributed by atoms with Gasteiger partial charge in [0.25, 0.3) is 5.91 Å². The van der Waals surface area contributed by atoms with E-state index in [0.717, 1.165) is 18.4 Å². The zero-order valence-electron chi connectivity index (χ0n) is 17.1. The molecule has 2 amide bonds. The van der Waals surface area contributed by atoms with Crippen molar-refractivity contribution < 1.29 is 23.5 Å². The average molecular weight is 412 g/mol. The first-order valence-corrected chi connectivity index (χ1v) is 10.1. The molecule has 0 bridgehead atoms. The zero-order valence-corrected chi connectivity index (χ0v) is 17.1. The smallest absolute Gasteiger partial charge is 0.256 e. The first kappa shape index (κ1) is 20.2. The molecule has 2 fully saturated rings. The Bertz CT molecular complexity index is 960. The van der Waals surface area contributed by atoms with Crippen LogP contribution in [-0.4, -0.2) is 50.1 Å². The molecule has 2 atom stereocenters. The van der Waals surface area contributed by atoms with Gasteiger partial charge in [-0.15, -0.1) is 0 Å². The lowest BCUT2D eigenvalue weighted by molar-refractivity contribution is -0.125. The fraction of sp³-hybridized carbons (Fsp3) is 0.391. The van der Waals surface area contributed by atoms with Crippen LogP contribution in [0.2, 0.25) is 0 Å². The van der Waals surface area contributed by atoms with Gasteiger partial charge in [0.05, 0.1) is 25.7 Å². The molecule has 4 rings (SSSR count). The Morgan fingerprint density at radius 1 is 1.07 bits per heavy atom. The molecule has 30 heavy (non-hydrogen) atoms. The third kappa shape index (κ3) is 3.97. The third-order valence-corrected chi connectivity index (χ3v) is 5.81. The molecular weight excluding hydrogens is 387 g/mol. The molecule has 0 radical (unpaired) electrons. The lowest BCUT2D eigenvalue weighted by atomic mass is 9.87. The summed E-state index contributed by atoms with van der Waals surface area (Å²) >= 11 is 0. The largest absolute Gasteiger partial charge is 0.497 e. The highest BCUT2D eigenvalue weighted by atomic mass is 19.1. The first-order valence-electron chi connectivity index (χ1n) is 10.1. The van der Waals surface area contributed by atoms with Gasteiger partial charge in [0, 0.05) is 36.7 Å². The highest BCUT2D eigenvalue weighted by molar-refractivity contribution is 5.95. The number of rotatable bonds is 6. The summed E-state index contributed by atoms with van der Waals surface area (Å²) in [5.41, 5.74) is 0.847. The second-order valence-electron chi connectivity index (χ2n) is 7.79. The second kappa shape index (κ2) is 8.34. The summed E-state index contributed by atoms with van der Waals surface area (Å²) in [7, 11) is 3.14. The molecule has 1 N–H and O–H groups in total. The minimum Gasteiger partial charge on any atom is -0.497 e. The van der Waals surface area contributed by atoms with Crippen molar-refractivity contribution >= 4 is 11.8 Å². The van der Waals surface area contributed by atoms with Gasteiger partial charge in [0.1, 0.15) is 17.3 Å². The number of halogens is 1. The van der Waals surface area contributed by atoms with Crippen LogP contribution in [-0.2, 0) is 4.79 Å². The molecule has 0 unspecified atom stereocenters. The SMILES string of the molecule is COc1ccc([C@@H]2CN(C(=O)c3ccccc3F)C[C@H]2C(=O)NC2CC2)c(OC)c1. The molecule has 1 saturated carbocycles. The van der Waals surface area contributed by atoms with Crippen molar-refractivity contribution in [1.29, 1.82) is 0 Å². The van der Waals surface area contributed by atoms with E-state index in [4.69, 9.17) is 9.47 Å². The summed E-state index contributed by atoms with van der Waals surface area (Å²) in [6.07, 6.45) is 1.96. The van der Waals surface area contributed by atoms with Crippen LogP contribution in [0.3, 0.4) is 0 Å². The number of hydrogen-bond acceptors (Lipinski definition) is 4. The predicted octanol–water partition coefficient (Wildman–Crippen LogP) is 2.98. The summed E-state index contributed by atoms with van der Waals surface area (Å²) in [4.78, 5) is 27.5. The van der Waals surface area contributed by atoms with Gasteiger partial charge in [0.2, 0.25) is 5.91 Å². The number of carbonyl (C=O) groups is 2. The maximum Gasteiger partial charge on any atom is 0.256 e. The second-order valence-corrected chi connectivity index (χ2v) is 7.79. The van der Waals surface area contributed by atoms with Crippen LogP contribution in [0.4, 0.5) is 4.39 Å². The van der Waals surface area contributed by atoms with E-state index in [1.165, 1.54) is 12.1 Å². The average Bonchev–Trinajstić information content (AvgIpc) is 3.47. The van der Waals surface area contributed by atoms with Crippen molar-refractivity contribution in [3.8, 4) is 11.5 Å². The normalized spacial score (nSPS) is 20.7. The molecule has 1 saturated heterocycles. The molecule has 2 aromatic carbocycles. The summed E-state index contributed by atoms with van der Waals surface area (Å²) < 4.78 is 25.0. The fourth-order valence-corrected chi connectivity index (χ4v) is 4.02. The Hall–Kier alpha value is -3.09. The topological polar surface area (TPSA) is 67.9 Å². The van der Waals surface area contributed by atoms with Gasteiger partial charge < -0.3 is 19.7 Å². The van der Waals surface area contributed by atoms with E-state index in [9.17, 15) is 14.0 Å². The Morgan fingerprint density at radius 3 is 2.50 bits per heavy atom. The van der Waals surface area contributed by atoms with Crippen LogP contribution < -0.4 is 14.8 Å². The molecule has 6 nitrogen and oxygen atoms in total. The van der Waals surface area contributed by atoms with Gasteiger partial charge in [0.15, 0.2) is 0 Å². The van der Waals surface area contributed by atoms with Crippen molar-refractivity contribution in [2.75, 3.05) is 27.3 Å². The van der Waals surface area contributed by atoms with Crippen LogP contribution in [0.5, 0.6) is 11.5 Å². The van der Waals surface area contributed by atoms with E-state index in [-0.39, 0.29) is 30.0 Å². The zero-order chi connectivity index (χ0) is 21.3. The number of amides is 2. The third-order valence-electron chi connectivity index (χ3n) is 5.81. The van der Waals surface area contributed by atoms with E-state index < -0.39 is 17.6 Å². The molecule has 1 heterocycles. The van der Waals surface area contributed by atoms with E-state index in [0.29, 0.717) is 18.0 Å². The number of hydrogen-bond donors (Lipinski definition) is 1. The lowest BCUT2D eigenvalue weighted by Gasteiger charge is -2.21. The number of carbonyl (C=O) groups excluding carboxylic acids is 2. The number of likely N-dealkylation sites (tertiary alicyclic amines) is 1. The Labute approximate surface area is 175 Å². The maximum absolute atomic E-state index is 14.2. The van der Waals surface area contributed by atoms with Crippen molar-refractivity contribution in [3.05, 3.63) is 59.4 Å². The molecule has 1 aliphatic heterocycles. The monoisotopic (exact) mass is 412 g/mol. The van der Waals surface area contributed by atoms with Gasteiger partial charge in [-0.25, -0.2) is 4.39 Å². The Kier molecular flexibility index (Phi) is 5.61. The van der Waals surface area contributed by atoms with Crippen molar-refractivity contribution in [1.82, 2.24) is 10.2 Å². The quantitative estimate of drug-likeness (QED) is 0.792. The van der Waals surface area contributed by atoms with E-state index in [1.54, 1.807) is 37.3 Å². The van der Waals surface area contributed by atoms with Crippen LogP contribution in [0.25, 0.3) is 0 Å². The molecule has 158 valence electrons. The van der Waals surface area contributed by atoms with E-state index in [1.807, 2.05) is 12.1 Å². The molecule has 2 aliphatic rings. The summed E-state index contributed by atoms with van der Waals surface area (Å²) in [6, 6.07) is 11.6. The number of ether oxygens (including phenoxy) is 2. The standard InChI is InChI=1S/C23H25FN2O4/c1-29-15-9-10-16(21(11-15)30-2)18-12-26(13-19(18)22(27)25-14-7-8-14)23(28)17-5-3-4-6-20(17)24/h3-6,9-11,14,18-19H,7-8,12-13H2,1-2H3,(H,25,27)/t18-,19+/m0/s1. The predicted molar refractivity (Wildman–Crippen MR) is 109 cm³/mol. The molecule has 1 aliphatic carbocycles. The minimum atomic E-state index is -0.563. The van der Waals surface area contributed by atoms with Crippen LogP contribution in [0.1, 0.15) is 34.7 Å². The Morgan fingerprint density at radius 2 is 1.83 bits per heavy atom.